The van der Waals surface area contributed by atoms with Crippen LogP contribution in [0, 0.1) is 6.92 Å². The molecular formula is C16H22N2O3. The Labute approximate surface area is 125 Å². The van der Waals surface area contributed by atoms with Gasteiger partial charge in [-0.3, -0.25) is 9.69 Å². The van der Waals surface area contributed by atoms with E-state index in [1.807, 2.05) is 12.1 Å². The zero-order chi connectivity index (χ0) is 15.5. The van der Waals surface area contributed by atoms with E-state index >= 15 is 0 Å². The van der Waals surface area contributed by atoms with Crippen molar-refractivity contribution in [2.45, 2.75) is 32.2 Å². The van der Waals surface area contributed by atoms with Crippen molar-refractivity contribution in [1.82, 2.24) is 10.2 Å². The van der Waals surface area contributed by atoms with E-state index in [0.29, 0.717) is 6.54 Å². The van der Waals surface area contributed by atoms with Crippen LogP contribution in [-0.2, 0) is 16.0 Å². The normalized spacial score (nSPS) is 21.8. The van der Waals surface area contributed by atoms with Crippen molar-refractivity contribution in [3.8, 4) is 0 Å². The van der Waals surface area contributed by atoms with Crippen LogP contribution in [0.2, 0.25) is 0 Å². The zero-order valence-electron chi connectivity index (χ0n) is 12.8. The second-order valence-corrected chi connectivity index (χ2v) is 5.68. The maximum Gasteiger partial charge on any atom is 0.325 e. The molecule has 0 aromatic heterocycles. The number of hydrogen-bond donors (Lipinski definition) is 1. The van der Waals surface area contributed by atoms with E-state index in [2.05, 4.69) is 24.4 Å². The smallest absolute Gasteiger partial charge is 0.325 e. The molecule has 1 fully saturated rings. The van der Waals surface area contributed by atoms with Crippen LogP contribution in [0.3, 0.4) is 0 Å². The van der Waals surface area contributed by atoms with E-state index in [4.69, 9.17) is 4.74 Å². The van der Waals surface area contributed by atoms with Gasteiger partial charge in [0.15, 0.2) is 0 Å². The summed E-state index contributed by atoms with van der Waals surface area (Å²) in [6, 6.07) is 7.83. The van der Waals surface area contributed by atoms with Crippen LogP contribution in [0.15, 0.2) is 24.3 Å². The molecule has 0 spiro atoms. The number of hydrogen-bond acceptors (Lipinski definition) is 3. The second-order valence-electron chi connectivity index (χ2n) is 5.68. The van der Waals surface area contributed by atoms with Gasteiger partial charge in [0.1, 0.15) is 5.54 Å². The summed E-state index contributed by atoms with van der Waals surface area (Å²) in [6.45, 7) is 4.38. The minimum Gasteiger partial charge on any atom is -0.382 e. The van der Waals surface area contributed by atoms with Gasteiger partial charge < -0.3 is 10.1 Å². The van der Waals surface area contributed by atoms with Gasteiger partial charge in [0.2, 0.25) is 0 Å². The first-order chi connectivity index (χ1) is 9.98. The Morgan fingerprint density at radius 1 is 1.29 bits per heavy atom. The van der Waals surface area contributed by atoms with Crippen LogP contribution in [0.25, 0.3) is 0 Å². The SMILES string of the molecule is COC[C@@]1(C)NC(=O)N(CCCc2ccccc2C)C1=O. The molecule has 1 N–H and O–H groups in total. The number of aryl methyl sites for hydroxylation is 2. The molecule has 3 amide bonds. The molecule has 0 bridgehead atoms. The first-order valence-corrected chi connectivity index (χ1v) is 7.15. The van der Waals surface area contributed by atoms with E-state index in [1.54, 1.807) is 6.92 Å². The van der Waals surface area contributed by atoms with Gasteiger partial charge in [0, 0.05) is 13.7 Å². The summed E-state index contributed by atoms with van der Waals surface area (Å²) in [6.07, 6.45) is 1.61. The van der Waals surface area contributed by atoms with Gasteiger partial charge in [-0.25, -0.2) is 4.79 Å². The van der Waals surface area contributed by atoms with E-state index < -0.39 is 5.54 Å². The molecule has 5 nitrogen and oxygen atoms in total. The summed E-state index contributed by atoms with van der Waals surface area (Å²) < 4.78 is 5.02. The Morgan fingerprint density at radius 2 is 2.00 bits per heavy atom. The van der Waals surface area contributed by atoms with Crippen molar-refractivity contribution in [2.75, 3.05) is 20.3 Å². The fourth-order valence-electron chi connectivity index (χ4n) is 2.65. The van der Waals surface area contributed by atoms with Crippen molar-refractivity contribution >= 4 is 11.9 Å². The topological polar surface area (TPSA) is 58.6 Å². The fraction of sp³-hybridized carbons (Fsp3) is 0.500. The fourth-order valence-corrected chi connectivity index (χ4v) is 2.65. The van der Waals surface area contributed by atoms with Crippen molar-refractivity contribution in [3.05, 3.63) is 35.4 Å². The van der Waals surface area contributed by atoms with E-state index in [0.717, 1.165) is 12.8 Å². The summed E-state index contributed by atoms with van der Waals surface area (Å²) in [4.78, 5) is 25.5. The number of ether oxygens (including phenoxy) is 1. The molecule has 5 heteroatoms. The minimum atomic E-state index is -0.936. The number of carbonyl (C=O) groups excluding carboxylic acids is 2. The molecular weight excluding hydrogens is 268 g/mol. The number of carbonyl (C=O) groups is 2. The van der Waals surface area contributed by atoms with Crippen LogP contribution in [0.1, 0.15) is 24.5 Å². The Morgan fingerprint density at radius 3 is 2.67 bits per heavy atom. The number of amides is 3. The summed E-state index contributed by atoms with van der Waals surface area (Å²) in [5, 5.41) is 2.70. The van der Waals surface area contributed by atoms with E-state index in [-0.39, 0.29) is 18.5 Å². The van der Waals surface area contributed by atoms with Crippen molar-refractivity contribution in [2.24, 2.45) is 0 Å². The zero-order valence-corrected chi connectivity index (χ0v) is 12.8. The lowest BCUT2D eigenvalue weighted by Crippen LogP contribution is -2.47. The number of rotatable bonds is 6. The molecule has 1 saturated heterocycles. The highest BCUT2D eigenvalue weighted by atomic mass is 16.5. The Kier molecular flexibility index (Phi) is 4.63. The number of nitrogens with zero attached hydrogens (tertiary/aromatic N) is 1. The van der Waals surface area contributed by atoms with Crippen LogP contribution in [-0.4, -0.2) is 42.6 Å². The summed E-state index contributed by atoms with van der Waals surface area (Å²) in [5.74, 6) is -0.209. The van der Waals surface area contributed by atoms with Gasteiger partial charge in [-0.05, 0) is 37.8 Å². The first kappa shape index (κ1) is 15.5. The van der Waals surface area contributed by atoms with Gasteiger partial charge >= 0.3 is 6.03 Å². The minimum absolute atomic E-state index is 0.186. The highest BCUT2D eigenvalue weighted by molar-refractivity contribution is 6.06. The van der Waals surface area contributed by atoms with Gasteiger partial charge in [-0.1, -0.05) is 24.3 Å². The monoisotopic (exact) mass is 290 g/mol. The van der Waals surface area contributed by atoms with Gasteiger partial charge in [0.05, 0.1) is 6.61 Å². The highest BCUT2D eigenvalue weighted by Crippen LogP contribution is 2.19. The van der Waals surface area contributed by atoms with E-state index in [9.17, 15) is 9.59 Å². The van der Waals surface area contributed by atoms with Gasteiger partial charge in [0.25, 0.3) is 5.91 Å². The molecule has 0 unspecified atom stereocenters. The molecule has 1 aliphatic rings. The predicted octanol–water partition coefficient (Wildman–Crippen LogP) is 1.88. The van der Waals surface area contributed by atoms with Crippen molar-refractivity contribution in [3.63, 3.8) is 0 Å². The molecule has 1 atom stereocenters. The summed E-state index contributed by atoms with van der Waals surface area (Å²) in [7, 11) is 1.52. The Hall–Kier alpha value is -1.88. The van der Waals surface area contributed by atoms with Crippen LogP contribution < -0.4 is 5.32 Å². The van der Waals surface area contributed by atoms with E-state index in [1.165, 1.54) is 23.1 Å². The molecule has 1 heterocycles. The van der Waals surface area contributed by atoms with Crippen LogP contribution in [0.5, 0.6) is 0 Å². The third kappa shape index (κ3) is 3.24. The lowest BCUT2D eigenvalue weighted by molar-refractivity contribution is -0.132. The summed E-state index contributed by atoms with van der Waals surface area (Å²) >= 11 is 0. The predicted molar refractivity (Wildman–Crippen MR) is 80.0 cm³/mol. The molecule has 0 radical (unpaired) electrons. The molecule has 0 aliphatic carbocycles. The molecule has 2 rings (SSSR count). The Balaban J connectivity index is 1.93. The third-order valence-corrected chi connectivity index (χ3v) is 3.87. The largest absolute Gasteiger partial charge is 0.382 e. The molecule has 21 heavy (non-hydrogen) atoms. The number of methoxy groups -OCH3 is 1. The molecule has 0 saturated carbocycles. The van der Waals surface area contributed by atoms with Crippen molar-refractivity contribution in [1.29, 1.82) is 0 Å². The number of benzene rings is 1. The van der Waals surface area contributed by atoms with Crippen molar-refractivity contribution < 1.29 is 14.3 Å². The lowest BCUT2D eigenvalue weighted by Gasteiger charge is -2.20. The second kappa shape index (κ2) is 6.26. The lowest BCUT2D eigenvalue weighted by atomic mass is 10.0. The number of imide groups is 1. The van der Waals surface area contributed by atoms with Gasteiger partial charge in [-0.15, -0.1) is 0 Å². The number of urea groups is 1. The average molecular weight is 290 g/mol. The first-order valence-electron chi connectivity index (χ1n) is 7.15. The molecule has 1 aliphatic heterocycles. The maximum absolute atomic E-state index is 12.3. The third-order valence-electron chi connectivity index (χ3n) is 3.87. The number of nitrogens with one attached hydrogen (secondary N) is 1. The molecule has 1 aromatic carbocycles. The van der Waals surface area contributed by atoms with Crippen LogP contribution >= 0.6 is 0 Å². The van der Waals surface area contributed by atoms with Crippen LogP contribution in [0.4, 0.5) is 4.79 Å². The quantitative estimate of drug-likeness (QED) is 0.814. The maximum atomic E-state index is 12.3. The Bertz CT molecular complexity index is 544. The molecule has 1 aromatic rings. The molecule has 114 valence electrons. The standard InChI is InChI=1S/C16H22N2O3/c1-12-7-4-5-8-13(12)9-6-10-18-14(19)16(2,11-21-3)17-15(18)20/h4-5,7-8H,6,9-11H2,1-3H3,(H,17,20)/t16-/m1/s1. The summed E-state index contributed by atoms with van der Waals surface area (Å²) in [5.41, 5.74) is 1.55. The van der Waals surface area contributed by atoms with Gasteiger partial charge in [-0.2, -0.15) is 0 Å². The average Bonchev–Trinajstić information content (AvgIpc) is 2.64. The highest BCUT2D eigenvalue weighted by Gasteiger charge is 2.47.